The molecule has 6 nitrogen and oxygen atoms in total. The predicted octanol–water partition coefficient (Wildman–Crippen LogP) is 5.16. The van der Waals surface area contributed by atoms with Crippen LogP contribution in [0.3, 0.4) is 0 Å². The van der Waals surface area contributed by atoms with Crippen molar-refractivity contribution in [2.45, 2.75) is 89.0 Å². The summed E-state index contributed by atoms with van der Waals surface area (Å²) in [5.74, 6) is -0.224. The van der Waals surface area contributed by atoms with Crippen LogP contribution in [0.4, 0.5) is 4.79 Å². The van der Waals surface area contributed by atoms with Crippen molar-refractivity contribution in [3.8, 4) is 5.88 Å². The first-order chi connectivity index (χ1) is 14.6. The second kappa shape index (κ2) is 9.11. The maximum Gasteiger partial charge on any atom is 0.326 e. The number of benzene rings is 1. The van der Waals surface area contributed by atoms with Gasteiger partial charge < -0.3 is 16.2 Å². The first kappa shape index (κ1) is 20.8. The molecule has 0 unspecified atom stereocenters. The van der Waals surface area contributed by atoms with Crippen molar-refractivity contribution in [3.05, 3.63) is 29.3 Å². The number of amides is 2. The Kier molecular flexibility index (Phi) is 6.30. The van der Waals surface area contributed by atoms with Gasteiger partial charge in [0.05, 0.1) is 5.52 Å². The van der Waals surface area contributed by atoms with Gasteiger partial charge in [0.15, 0.2) is 0 Å². The first-order valence-corrected chi connectivity index (χ1v) is 11.5. The number of fused-ring (bicyclic) bond motifs is 1. The van der Waals surface area contributed by atoms with Gasteiger partial charge in [-0.1, -0.05) is 57.4 Å². The van der Waals surface area contributed by atoms with Crippen LogP contribution in [0.2, 0.25) is 0 Å². The highest BCUT2D eigenvalue weighted by atomic mass is 16.3. The highest BCUT2D eigenvalue weighted by Gasteiger charge is 2.27. The summed E-state index contributed by atoms with van der Waals surface area (Å²) in [4.78, 5) is 25.2. The van der Waals surface area contributed by atoms with Gasteiger partial charge >= 0.3 is 6.03 Å². The second-order valence-electron chi connectivity index (χ2n) is 9.00. The molecule has 4 rings (SSSR count). The zero-order chi connectivity index (χ0) is 21.1. The number of nitrogens with zero attached hydrogens (tertiary/aromatic N) is 1. The van der Waals surface area contributed by atoms with E-state index in [2.05, 4.69) is 5.32 Å². The van der Waals surface area contributed by atoms with E-state index >= 15 is 0 Å². The molecule has 1 aromatic carbocycles. The van der Waals surface area contributed by atoms with E-state index in [-0.39, 0.29) is 23.4 Å². The molecule has 0 saturated heterocycles. The Hall–Kier alpha value is -2.50. The summed E-state index contributed by atoms with van der Waals surface area (Å²) in [5, 5.41) is 14.5. The number of aromatic hydroxyl groups is 1. The molecule has 4 N–H and O–H groups in total. The predicted molar refractivity (Wildman–Crippen MR) is 118 cm³/mol. The zero-order valence-electron chi connectivity index (χ0n) is 17.7. The summed E-state index contributed by atoms with van der Waals surface area (Å²) < 4.78 is 1.05. The molecule has 162 valence electrons. The van der Waals surface area contributed by atoms with Crippen molar-refractivity contribution < 1.29 is 14.7 Å². The smallest absolute Gasteiger partial charge is 0.326 e. The van der Waals surface area contributed by atoms with Crippen molar-refractivity contribution in [2.24, 2.45) is 5.73 Å². The number of carbonyl (C=O) groups is 2. The Labute approximate surface area is 177 Å². The number of hydrogen-bond donors (Lipinski definition) is 3. The Balaban J connectivity index is 1.72. The minimum absolute atomic E-state index is 0.108. The van der Waals surface area contributed by atoms with Crippen LogP contribution in [0.5, 0.6) is 5.88 Å². The lowest BCUT2D eigenvalue weighted by atomic mass is 9.90. The number of rotatable bonds is 3. The van der Waals surface area contributed by atoms with Crippen LogP contribution in [-0.4, -0.2) is 27.7 Å². The second-order valence-corrected chi connectivity index (χ2v) is 9.00. The minimum atomic E-state index is -0.784. The normalized spacial score (nSPS) is 19.3. The molecule has 2 fully saturated rings. The van der Waals surface area contributed by atoms with Crippen molar-refractivity contribution in [3.63, 3.8) is 0 Å². The Morgan fingerprint density at radius 3 is 2.13 bits per heavy atom. The van der Waals surface area contributed by atoms with E-state index in [1.54, 1.807) is 0 Å². The number of primary amides is 1. The van der Waals surface area contributed by atoms with Gasteiger partial charge in [0.2, 0.25) is 5.88 Å². The van der Waals surface area contributed by atoms with Gasteiger partial charge in [-0.25, -0.2) is 9.36 Å². The quantitative estimate of drug-likeness (QED) is 0.608. The fraction of sp³-hybridized carbons (Fsp3) is 0.583. The molecule has 2 aliphatic rings. The summed E-state index contributed by atoms with van der Waals surface area (Å²) in [6, 6.07) is 5.16. The lowest BCUT2D eigenvalue weighted by Gasteiger charge is -2.17. The highest BCUT2D eigenvalue weighted by Crippen LogP contribution is 2.37. The summed E-state index contributed by atoms with van der Waals surface area (Å²) in [6.07, 6.45) is 13.7. The summed E-state index contributed by atoms with van der Waals surface area (Å²) in [5.41, 5.74) is 7.37. The maximum atomic E-state index is 13.2. The van der Waals surface area contributed by atoms with E-state index in [0.717, 1.165) is 43.1 Å². The molecule has 6 heteroatoms. The molecular formula is C24H33N3O3. The molecule has 2 saturated carbocycles. The molecule has 1 aromatic heterocycles. The third-order valence-electron chi connectivity index (χ3n) is 6.93. The molecule has 30 heavy (non-hydrogen) atoms. The number of hydrogen-bond acceptors (Lipinski definition) is 3. The number of aromatic nitrogens is 1. The molecule has 0 atom stereocenters. The third kappa shape index (κ3) is 4.18. The van der Waals surface area contributed by atoms with Gasteiger partial charge in [-0.15, -0.1) is 0 Å². The first-order valence-electron chi connectivity index (χ1n) is 11.5. The van der Waals surface area contributed by atoms with Gasteiger partial charge in [0.25, 0.3) is 5.91 Å². The van der Waals surface area contributed by atoms with E-state index < -0.39 is 6.03 Å². The average Bonchev–Trinajstić information content (AvgIpc) is 2.98. The van der Waals surface area contributed by atoms with Crippen molar-refractivity contribution in [1.82, 2.24) is 9.88 Å². The van der Waals surface area contributed by atoms with Crippen LogP contribution in [0.1, 0.15) is 98.9 Å². The zero-order valence-corrected chi connectivity index (χ0v) is 17.7. The van der Waals surface area contributed by atoms with Crippen molar-refractivity contribution in [2.75, 3.05) is 0 Å². The van der Waals surface area contributed by atoms with Crippen LogP contribution >= 0.6 is 0 Å². The van der Waals surface area contributed by atoms with Crippen LogP contribution in [-0.2, 0) is 0 Å². The SMILES string of the molecule is NC(=O)n1c(O)c(C(=O)NC2CCCCCC2)c2cc(C3CCCCCC3)ccc21. The lowest BCUT2D eigenvalue weighted by Crippen LogP contribution is -2.34. The number of nitrogens with two attached hydrogens (primary N) is 1. The minimum Gasteiger partial charge on any atom is -0.494 e. The van der Waals surface area contributed by atoms with Crippen LogP contribution in [0.15, 0.2) is 18.2 Å². The fourth-order valence-electron chi connectivity index (χ4n) is 5.29. The molecule has 0 aliphatic heterocycles. The fourth-order valence-corrected chi connectivity index (χ4v) is 5.29. The van der Waals surface area contributed by atoms with Crippen molar-refractivity contribution >= 4 is 22.8 Å². The van der Waals surface area contributed by atoms with Crippen LogP contribution in [0, 0.1) is 0 Å². The maximum absolute atomic E-state index is 13.2. The van der Waals surface area contributed by atoms with Crippen LogP contribution in [0.25, 0.3) is 10.9 Å². The number of carbonyl (C=O) groups excluding carboxylic acids is 2. The van der Waals surface area contributed by atoms with Gasteiger partial charge in [-0.2, -0.15) is 0 Å². The molecule has 0 spiro atoms. The molecule has 0 radical (unpaired) electrons. The van der Waals surface area contributed by atoms with E-state index in [0.29, 0.717) is 16.8 Å². The van der Waals surface area contributed by atoms with E-state index in [4.69, 9.17) is 5.73 Å². The average molecular weight is 412 g/mol. The summed E-state index contributed by atoms with van der Waals surface area (Å²) in [6.45, 7) is 0. The molecule has 1 heterocycles. The van der Waals surface area contributed by atoms with Gasteiger partial charge in [0.1, 0.15) is 5.56 Å². The molecular weight excluding hydrogens is 378 g/mol. The summed E-state index contributed by atoms with van der Waals surface area (Å²) in [7, 11) is 0. The topological polar surface area (TPSA) is 97.3 Å². The van der Waals surface area contributed by atoms with Gasteiger partial charge in [-0.3, -0.25) is 4.79 Å². The Bertz CT molecular complexity index is 917. The lowest BCUT2D eigenvalue weighted by molar-refractivity contribution is 0.0932. The van der Waals surface area contributed by atoms with E-state index in [1.807, 2.05) is 18.2 Å². The third-order valence-corrected chi connectivity index (χ3v) is 6.93. The highest BCUT2D eigenvalue weighted by molar-refractivity contribution is 6.12. The monoisotopic (exact) mass is 411 g/mol. The van der Waals surface area contributed by atoms with Crippen LogP contribution < -0.4 is 11.1 Å². The Morgan fingerprint density at radius 2 is 1.53 bits per heavy atom. The molecule has 2 aliphatic carbocycles. The van der Waals surface area contributed by atoms with Gasteiger partial charge in [-0.05, 0) is 49.3 Å². The van der Waals surface area contributed by atoms with Crippen molar-refractivity contribution in [1.29, 1.82) is 0 Å². The summed E-state index contributed by atoms with van der Waals surface area (Å²) >= 11 is 0. The Morgan fingerprint density at radius 1 is 0.933 bits per heavy atom. The van der Waals surface area contributed by atoms with Gasteiger partial charge in [0, 0.05) is 11.4 Å². The largest absolute Gasteiger partial charge is 0.494 e. The van der Waals surface area contributed by atoms with E-state index in [1.165, 1.54) is 44.1 Å². The number of nitrogens with one attached hydrogen (secondary N) is 1. The standard InChI is InChI=1S/C24H33N3O3/c25-24(30)27-20-14-13-17(16-9-5-1-2-6-10-16)15-19(20)21(23(27)29)22(28)26-18-11-7-3-4-8-12-18/h13-16,18,29H,1-12H2,(H2,25,30)(H,26,28). The molecule has 2 aromatic rings. The van der Waals surface area contributed by atoms with E-state index in [9.17, 15) is 14.7 Å². The molecule has 0 bridgehead atoms. The molecule has 2 amide bonds.